The van der Waals surface area contributed by atoms with Crippen molar-refractivity contribution in [3.05, 3.63) is 90.0 Å². The van der Waals surface area contributed by atoms with Gasteiger partial charge in [0.05, 0.1) is 7.11 Å². The highest BCUT2D eigenvalue weighted by Gasteiger charge is 2.21. The van der Waals surface area contributed by atoms with Crippen LogP contribution in [0.1, 0.15) is 22.3 Å². The Morgan fingerprint density at radius 2 is 1.67 bits per heavy atom. The van der Waals surface area contributed by atoms with Crippen LogP contribution in [0.2, 0.25) is 0 Å². The Morgan fingerprint density at radius 1 is 0.963 bits per heavy atom. The van der Waals surface area contributed by atoms with Crippen molar-refractivity contribution in [2.75, 3.05) is 7.11 Å². The molecule has 4 nitrogen and oxygen atoms in total. The number of fused-ring (bicyclic) bond motifs is 1. The predicted octanol–water partition coefficient (Wildman–Crippen LogP) is 4.21. The maximum atomic E-state index is 12.8. The molecule has 136 valence electrons. The van der Waals surface area contributed by atoms with E-state index >= 15 is 0 Å². The Hall–Kier alpha value is -3.40. The standard InChI is InChI=1S/C23H21NO3/c1-27-23(26)21(16-7-11-17-9-3-2-4-10-17)24-22(25)20-15-8-13-18-12-5-6-14-19(18)20/h2-15,21H,16H2,1H3,(H,24,25)/b11-7+/t21-/m0/s1. The summed E-state index contributed by atoms with van der Waals surface area (Å²) in [5, 5.41) is 4.62. The molecule has 0 aliphatic rings. The number of ether oxygens (including phenoxy) is 1. The number of amides is 1. The summed E-state index contributed by atoms with van der Waals surface area (Å²) in [6, 6.07) is 22.2. The summed E-state index contributed by atoms with van der Waals surface area (Å²) >= 11 is 0. The number of carbonyl (C=O) groups is 2. The third-order valence-electron chi connectivity index (χ3n) is 4.31. The van der Waals surface area contributed by atoms with Crippen LogP contribution in [-0.2, 0) is 9.53 Å². The highest BCUT2D eigenvalue weighted by Crippen LogP contribution is 2.18. The second kappa shape index (κ2) is 8.81. The minimum Gasteiger partial charge on any atom is -0.467 e. The van der Waals surface area contributed by atoms with E-state index in [4.69, 9.17) is 4.74 Å². The van der Waals surface area contributed by atoms with E-state index in [1.54, 1.807) is 6.07 Å². The topological polar surface area (TPSA) is 55.4 Å². The Labute approximate surface area is 158 Å². The monoisotopic (exact) mass is 359 g/mol. The summed E-state index contributed by atoms with van der Waals surface area (Å²) in [7, 11) is 1.32. The first kappa shape index (κ1) is 18.4. The average molecular weight is 359 g/mol. The molecular formula is C23H21NO3. The smallest absolute Gasteiger partial charge is 0.328 e. The molecule has 4 heteroatoms. The third-order valence-corrected chi connectivity index (χ3v) is 4.31. The number of hydrogen-bond donors (Lipinski definition) is 1. The van der Waals surface area contributed by atoms with Gasteiger partial charge in [-0.3, -0.25) is 4.79 Å². The molecule has 1 amide bonds. The van der Waals surface area contributed by atoms with Crippen molar-refractivity contribution in [3.8, 4) is 0 Å². The molecule has 0 bridgehead atoms. The van der Waals surface area contributed by atoms with Crippen molar-refractivity contribution in [1.82, 2.24) is 5.32 Å². The molecule has 0 heterocycles. The fourth-order valence-electron chi connectivity index (χ4n) is 2.92. The fourth-order valence-corrected chi connectivity index (χ4v) is 2.92. The maximum absolute atomic E-state index is 12.8. The summed E-state index contributed by atoms with van der Waals surface area (Å²) in [4.78, 5) is 24.9. The number of methoxy groups -OCH3 is 1. The third kappa shape index (κ3) is 4.61. The van der Waals surface area contributed by atoms with Crippen LogP contribution in [0.4, 0.5) is 0 Å². The summed E-state index contributed by atoms with van der Waals surface area (Å²) in [6.07, 6.45) is 4.12. The van der Waals surface area contributed by atoms with E-state index < -0.39 is 12.0 Å². The van der Waals surface area contributed by atoms with Crippen LogP contribution >= 0.6 is 0 Å². The number of rotatable bonds is 6. The lowest BCUT2D eigenvalue weighted by molar-refractivity contribution is -0.142. The van der Waals surface area contributed by atoms with Gasteiger partial charge in [-0.2, -0.15) is 0 Å². The van der Waals surface area contributed by atoms with Crippen molar-refractivity contribution in [2.24, 2.45) is 0 Å². The van der Waals surface area contributed by atoms with Gasteiger partial charge in [0, 0.05) is 5.56 Å². The molecule has 3 aromatic carbocycles. The zero-order chi connectivity index (χ0) is 19.1. The minimum absolute atomic E-state index is 0.296. The van der Waals surface area contributed by atoms with Gasteiger partial charge in [-0.15, -0.1) is 0 Å². The largest absolute Gasteiger partial charge is 0.467 e. The second-order valence-corrected chi connectivity index (χ2v) is 6.12. The van der Waals surface area contributed by atoms with Gasteiger partial charge in [0.15, 0.2) is 0 Å². The predicted molar refractivity (Wildman–Crippen MR) is 107 cm³/mol. The molecule has 0 aliphatic carbocycles. The SMILES string of the molecule is COC(=O)[C@H](C/C=C/c1ccccc1)NC(=O)c1cccc2ccccc12. The molecule has 0 radical (unpaired) electrons. The summed E-state index contributed by atoms with van der Waals surface area (Å²) < 4.78 is 4.85. The molecule has 3 rings (SSSR count). The lowest BCUT2D eigenvalue weighted by Crippen LogP contribution is -2.41. The second-order valence-electron chi connectivity index (χ2n) is 6.12. The van der Waals surface area contributed by atoms with E-state index in [0.29, 0.717) is 12.0 Å². The molecular weight excluding hydrogens is 338 g/mol. The van der Waals surface area contributed by atoms with Crippen molar-refractivity contribution in [3.63, 3.8) is 0 Å². The first-order valence-electron chi connectivity index (χ1n) is 8.77. The molecule has 1 atom stereocenters. The molecule has 1 N–H and O–H groups in total. The zero-order valence-electron chi connectivity index (χ0n) is 15.1. The van der Waals surface area contributed by atoms with E-state index in [0.717, 1.165) is 16.3 Å². The van der Waals surface area contributed by atoms with E-state index in [1.165, 1.54) is 7.11 Å². The molecule has 0 spiro atoms. The molecule has 0 aromatic heterocycles. The van der Waals surface area contributed by atoms with Gasteiger partial charge >= 0.3 is 5.97 Å². The molecule has 0 saturated carbocycles. The summed E-state index contributed by atoms with van der Waals surface area (Å²) in [5.41, 5.74) is 1.57. The van der Waals surface area contributed by atoms with Gasteiger partial charge in [0.25, 0.3) is 5.91 Å². The Bertz CT molecular complexity index is 958. The zero-order valence-corrected chi connectivity index (χ0v) is 15.1. The summed E-state index contributed by atoms with van der Waals surface area (Å²) in [5.74, 6) is -0.767. The van der Waals surface area contributed by atoms with Crippen LogP contribution < -0.4 is 5.32 Å². The van der Waals surface area contributed by atoms with Crippen LogP contribution in [0.3, 0.4) is 0 Å². The number of carbonyl (C=O) groups excluding carboxylic acids is 2. The van der Waals surface area contributed by atoms with Crippen LogP contribution in [0.25, 0.3) is 16.8 Å². The van der Waals surface area contributed by atoms with Gasteiger partial charge in [0.2, 0.25) is 0 Å². The van der Waals surface area contributed by atoms with Gasteiger partial charge < -0.3 is 10.1 Å². The molecule has 3 aromatic rings. The molecule has 0 saturated heterocycles. The molecule has 0 aliphatic heterocycles. The van der Waals surface area contributed by atoms with E-state index in [-0.39, 0.29) is 5.91 Å². The Kier molecular flexibility index (Phi) is 6.00. The van der Waals surface area contributed by atoms with Crippen LogP contribution in [0, 0.1) is 0 Å². The maximum Gasteiger partial charge on any atom is 0.328 e. The normalized spacial score (nSPS) is 12.0. The molecule has 0 fully saturated rings. The highest BCUT2D eigenvalue weighted by molar-refractivity contribution is 6.08. The van der Waals surface area contributed by atoms with Gasteiger partial charge in [-0.25, -0.2) is 4.79 Å². The van der Waals surface area contributed by atoms with E-state index in [1.807, 2.05) is 78.9 Å². The Balaban J connectivity index is 1.76. The number of hydrogen-bond acceptors (Lipinski definition) is 3. The van der Waals surface area contributed by atoms with Gasteiger partial charge in [-0.05, 0) is 28.8 Å². The first-order valence-corrected chi connectivity index (χ1v) is 8.77. The van der Waals surface area contributed by atoms with Crippen molar-refractivity contribution < 1.29 is 14.3 Å². The van der Waals surface area contributed by atoms with Crippen LogP contribution in [-0.4, -0.2) is 25.0 Å². The van der Waals surface area contributed by atoms with Crippen molar-refractivity contribution in [2.45, 2.75) is 12.5 Å². The van der Waals surface area contributed by atoms with E-state index in [9.17, 15) is 9.59 Å². The quantitative estimate of drug-likeness (QED) is 0.671. The first-order chi connectivity index (χ1) is 13.2. The number of esters is 1. The number of nitrogens with one attached hydrogen (secondary N) is 1. The fraction of sp³-hybridized carbons (Fsp3) is 0.130. The van der Waals surface area contributed by atoms with Gasteiger partial charge in [0.1, 0.15) is 6.04 Å². The minimum atomic E-state index is -0.749. The van der Waals surface area contributed by atoms with Crippen molar-refractivity contribution >= 4 is 28.7 Å². The number of benzene rings is 3. The highest BCUT2D eigenvalue weighted by atomic mass is 16.5. The Morgan fingerprint density at radius 3 is 2.44 bits per heavy atom. The van der Waals surface area contributed by atoms with Crippen molar-refractivity contribution in [1.29, 1.82) is 0 Å². The molecule has 27 heavy (non-hydrogen) atoms. The van der Waals surface area contributed by atoms with Crippen LogP contribution in [0.15, 0.2) is 78.9 Å². The molecule has 0 unspecified atom stereocenters. The van der Waals surface area contributed by atoms with E-state index in [2.05, 4.69) is 5.32 Å². The lowest BCUT2D eigenvalue weighted by Gasteiger charge is -2.16. The average Bonchev–Trinajstić information content (AvgIpc) is 2.72. The summed E-state index contributed by atoms with van der Waals surface area (Å²) in [6.45, 7) is 0. The van der Waals surface area contributed by atoms with Crippen LogP contribution in [0.5, 0.6) is 0 Å². The van der Waals surface area contributed by atoms with Gasteiger partial charge in [-0.1, -0.05) is 78.9 Å². The lowest BCUT2D eigenvalue weighted by atomic mass is 10.0.